The highest BCUT2D eigenvalue weighted by molar-refractivity contribution is 7.99. The zero-order valence-corrected chi connectivity index (χ0v) is 20.4. The van der Waals surface area contributed by atoms with Crippen molar-refractivity contribution >= 4 is 29.0 Å². The number of aromatic nitrogens is 3. The third-order valence-corrected chi connectivity index (χ3v) is 7.09. The van der Waals surface area contributed by atoms with Crippen LogP contribution in [0.25, 0.3) is 5.69 Å². The van der Waals surface area contributed by atoms with Crippen LogP contribution in [0.5, 0.6) is 0 Å². The molecule has 35 heavy (non-hydrogen) atoms. The van der Waals surface area contributed by atoms with Gasteiger partial charge in [0.15, 0.2) is 11.0 Å². The minimum absolute atomic E-state index is 0.00328. The SMILES string of the molecule is Cc1c(NC(=O)CSc2nnc(C(C)N3CCCCC3)n2-c2ccc(F)cc2)cccc1[N+](=O)[O-]. The summed E-state index contributed by atoms with van der Waals surface area (Å²) < 4.78 is 15.5. The first-order valence-corrected chi connectivity index (χ1v) is 12.5. The van der Waals surface area contributed by atoms with Crippen LogP contribution in [-0.2, 0) is 4.79 Å². The lowest BCUT2D eigenvalue weighted by atomic mass is 10.1. The van der Waals surface area contributed by atoms with E-state index in [1.54, 1.807) is 25.1 Å². The van der Waals surface area contributed by atoms with Gasteiger partial charge in [-0.2, -0.15) is 0 Å². The molecular weight excluding hydrogens is 471 g/mol. The van der Waals surface area contributed by atoms with Crippen LogP contribution >= 0.6 is 11.8 Å². The molecule has 1 aliphatic rings. The first-order chi connectivity index (χ1) is 16.8. The van der Waals surface area contributed by atoms with Gasteiger partial charge >= 0.3 is 0 Å². The monoisotopic (exact) mass is 498 g/mol. The molecule has 11 heteroatoms. The number of carbonyl (C=O) groups excluding carboxylic acids is 1. The van der Waals surface area contributed by atoms with Crippen LogP contribution in [0, 0.1) is 22.9 Å². The molecule has 2 heterocycles. The van der Waals surface area contributed by atoms with Crippen molar-refractivity contribution in [1.29, 1.82) is 0 Å². The first-order valence-electron chi connectivity index (χ1n) is 11.5. The number of hydrogen-bond acceptors (Lipinski definition) is 7. The highest BCUT2D eigenvalue weighted by Gasteiger charge is 2.26. The predicted molar refractivity (Wildman–Crippen MR) is 132 cm³/mol. The van der Waals surface area contributed by atoms with E-state index in [1.165, 1.54) is 42.4 Å². The molecular formula is C24H27FN6O3S. The maximum Gasteiger partial charge on any atom is 0.274 e. The predicted octanol–water partition coefficient (Wildman–Crippen LogP) is 4.90. The maximum absolute atomic E-state index is 13.6. The van der Waals surface area contributed by atoms with Crippen LogP contribution < -0.4 is 5.32 Å². The Morgan fingerprint density at radius 1 is 1.17 bits per heavy atom. The van der Waals surface area contributed by atoms with Crippen LogP contribution in [0.4, 0.5) is 15.8 Å². The normalized spacial score (nSPS) is 15.1. The number of carbonyl (C=O) groups is 1. The fourth-order valence-corrected chi connectivity index (χ4v) is 4.98. The van der Waals surface area contributed by atoms with Gasteiger partial charge in [0.25, 0.3) is 5.69 Å². The van der Waals surface area contributed by atoms with Crippen LogP contribution in [0.1, 0.15) is 43.6 Å². The molecule has 0 saturated carbocycles. The Kier molecular flexibility index (Phi) is 7.76. The van der Waals surface area contributed by atoms with E-state index in [9.17, 15) is 19.3 Å². The van der Waals surface area contributed by atoms with E-state index in [1.807, 2.05) is 4.57 Å². The number of likely N-dealkylation sites (tertiary alicyclic amines) is 1. The average molecular weight is 499 g/mol. The lowest BCUT2D eigenvalue weighted by Crippen LogP contribution is -2.33. The van der Waals surface area contributed by atoms with Gasteiger partial charge in [0.2, 0.25) is 5.91 Å². The van der Waals surface area contributed by atoms with Crippen LogP contribution in [0.3, 0.4) is 0 Å². The van der Waals surface area contributed by atoms with Gasteiger partial charge in [0.05, 0.1) is 28.0 Å². The number of thioether (sulfide) groups is 1. The number of piperidine rings is 1. The molecule has 3 aromatic rings. The van der Waals surface area contributed by atoms with Crippen molar-refractivity contribution in [1.82, 2.24) is 19.7 Å². The summed E-state index contributed by atoms with van der Waals surface area (Å²) in [6.45, 7) is 5.64. The quantitative estimate of drug-likeness (QED) is 0.267. The van der Waals surface area contributed by atoms with Crippen molar-refractivity contribution in [2.75, 3.05) is 24.2 Å². The number of nitro groups is 1. The molecule has 0 aliphatic carbocycles. The van der Waals surface area contributed by atoms with Gasteiger partial charge in [0, 0.05) is 11.8 Å². The topological polar surface area (TPSA) is 106 Å². The van der Waals surface area contributed by atoms with E-state index >= 15 is 0 Å². The molecule has 1 amide bonds. The van der Waals surface area contributed by atoms with Crippen molar-refractivity contribution in [2.24, 2.45) is 0 Å². The lowest BCUT2D eigenvalue weighted by Gasteiger charge is -2.31. The molecule has 2 aromatic carbocycles. The van der Waals surface area contributed by atoms with Gasteiger partial charge in [-0.05, 0) is 70.1 Å². The molecule has 0 radical (unpaired) electrons. The molecule has 1 atom stereocenters. The maximum atomic E-state index is 13.6. The number of amides is 1. The second-order valence-corrected chi connectivity index (χ2v) is 9.41. The number of halogens is 1. The van der Waals surface area contributed by atoms with Gasteiger partial charge < -0.3 is 5.32 Å². The highest BCUT2D eigenvalue weighted by atomic mass is 32.2. The fourth-order valence-electron chi connectivity index (χ4n) is 4.22. The van der Waals surface area contributed by atoms with Crippen molar-refractivity contribution in [3.8, 4) is 5.69 Å². The molecule has 1 fully saturated rings. The lowest BCUT2D eigenvalue weighted by molar-refractivity contribution is -0.385. The number of nitro benzene ring substituents is 1. The third-order valence-electron chi connectivity index (χ3n) is 6.16. The summed E-state index contributed by atoms with van der Waals surface area (Å²) >= 11 is 1.21. The molecule has 4 rings (SSSR count). The van der Waals surface area contributed by atoms with Gasteiger partial charge in [0.1, 0.15) is 5.82 Å². The van der Waals surface area contributed by atoms with E-state index in [-0.39, 0.29) is 29.2 Å². The standard InChI is InChI=1S/C24H27FN6O3S/c1-16-20(7-6-8-21(16)31(33)34)26-22(32)15-35-24-28-27-23(17(2)29-13-4-3-5-14-29)30(24)19-11-9-18(25)10-12-19/h6-12,17H,3-5,13-15H2,1-2H3,(H,26,32). The van der Waals surface area contributed by atoms with Gasteiger partial charge in [-0.1, -0.05) is 24.2 Å². The Morgan fingerprint density at radius 3 is 2.57 bits per heavy atom. The number of anilines is 1. The summed E-state index contributed by atoms with van der Waals surface area (Å²) in [4.78, 5) is 25.7. The van der Waals surface area contributed by atoms with E-state index in [4.69, 9.17) is 0 Å². The number of rotatable bonds is 8. The first kappa shape index (κ1) is 24.8. The van der Waals surface area contributed by atoms with Crippen molar-refractivity contribution in [3.05, 3.63) is 69.8 Å². The number of nitrogens with zero attached hydrogens (tertiary/aromatic N) is 5. The molecule has 9 nitrogen and oxygen atoms in total. The second kappa shape index (κ2) is 11.0. The third kappa shape index (κ3) is 5.68. The largest absolute Gasteiger partial charge is 0.325 e. The van der Waals surface area contributed by atoms with Gasteiger partial charge in [-0.3, -0.25) is 24.4 Å². The molecule has 0 spiro atoms. The molecule has 0 bridgehead atoms. The molecule has 1 unspecified atom stereocenters. The van der Waals surface area contributed by atoms with Crippen LogP contribution in [-0.4, -0.2) is 49.3 Å². The van der Waals surface area contributed by atoms with Crippen molar-refractivity contribution < 1.29 is 14.1 Å². The van der Waals surface area contributed by atoms with Crippen LogP contribution in [0.2, 0.25) is 0 Å². The zero-order valence-electron chi connectivity index (χ0n) is 19.6. The van der Waals surface area contributed by atoms with Gasteiger partial charge in [-0.25, -0.2) is 4.39 Å². The second-order valence-electron chi connectivity index (χ2n) is 8.47. The molecule has 184 valence electrons. The molecule has 1 aliphatic heterocycles. The number of hydrogen-bond donors (Lipinski definition) is 1. The minimum Gasteiger partial charge on any atom is -0.325 e. The Labute approximate surface area is 206 Å². The Bertz CT molecular complexity index is 1210. The van der Waals surface area contributed by atoms with Crippen molar-refractivity contribution in [2.45, 2.75) is 44.3 Å². The Morgan fingerprint density at radius 2 is 1.89 bits per heavy atom. The zero-order chi connectivity index (χ0) is 24.9. The Hall–Kier alpha value is -3.31. The van der Waals surface area contributed by atoms with E-state index in [2.05, 4.69) is 27.3 Å². The smallest absolute Gasteiger partial charge is 0.274 e. The van der Waals surface area contributed by atoms with E-state index < -0.39 is 4.92 Å². The molecule has 1 aromatic heterocycles. The van der Waals surface area contributed by atoms with E-state index in [0.29, 0.717) is 22.1 Å². The number of benzene rings is 2. The summed E-state index contributed by atoms with van der Waals surface area (Å²) in [6.07, 6.45) is 3.48. The molecule has 1 N–H and O–H groups in total. The molecule has 1 saturated heterocycles. The summed E-state index contributed by atoms with van der Waals surface area (Å²) in [5.41, 5.74) is 1.45. The number of nitrogens with one attached hydrogen (secondary N) is 1. The average Bonchev–Trinajstić information content (AvgIpc) is 3.28. The van der Waals surface area contributed by atoms with Crippen LogP contribution in [0.15, 0.2) is 47.6 Å². The minimum atomic E-state index is -0.476. The fraction of sp³-hybridized carbons (Fsp3) is 0.375. The highest BCUT2D eigenvalue weighted by Crippen LogP contribution is 2.30. The van der Waals surface area contributed by atoms with Crippen molar-refractivity contribution in [3.63, 3.8) is 0 Å². The summed E-state index contributed by atoms with van der Waals surface area (Å²) in [5.74, 6) is 0.0988. The van der Waals surface area contributed by atoms with E-state index in [0.717, 1.165) is 31.8 Å². The summed E-state index contributed by atoms with van der Waals surface area (Å²) in [6, 6.07) is 10.7. The van der Waals surface area contributed by atoms with Gasteiger partial charge in [-0.15, -0.1) is 10.2 Å². The summed E-state index contributed by atoms with van der Waals surface area (Å²) in [5, 5.41) is 23.2. The summed E-state index contributed by atoms with van der Waals surface area (Å²) in [7, 11) is 0. The Balaban J connectivity index is 1.55.